The van der Waals surface area contributed by atoms with Crippen LogP contribution >= 0.6 is 0 Å². The number of para-hydroxylation sites is 1. The zero-order valence-electron chi connectivity index (χ0n) is 13.5. The van der Waals surface area contributed by atoms with Crippen LogP contribution in [0.2, 0.25) is 0 Å². The molecule has 4 atom stereocenters. The van der Waals surface area contributed by atoms with Gasteiger partial charge in [0.05, 0.1) is 6.61 Å². The predicted octanol–water partition coefficient (Wildman–Crippen LogP) is 3.97. The van der Waals surface area contributed by atoms with Gasteiger partial charge >= 0.3 is 0 Å². The Balaban J connectivity index is 1.48. The Morgan fingerprint density at radius 3 is 2.81 bits per heavy atom. The van der Waals surface area contributed by atoms with Crippen molar-refractivity contribution in [3.63, 3.8) is 0 Å². The molecular weight excluding hydrogens is 258 g/mol. The fourth-order valence-electron chi connectivity index (χ4n) is 5.47. The standard InChI is InChI=1S/C19H27NO/c1-18(2)14-8-9-19(3,10-14)17(18)20-11-13-12-21-16-7-5-4-6-15(13)16/h4-7,13-14,17,20H,8-12H2,1-3H3. The monoisotopic (exact) mass is 285 g/mol. The van der Waals surface area contributed by atoms with E-state index in [0.29, 0.717) is 22.8 Å². The fourth-order valence-corrected chi connectivity index (χ4v) is 5.47. The van der Waals surface area contributed by atoms with Crippen LogP contribution in [0.5, 0.6) is 5.75 Å². The first-order chi connectivity index (χ1) is 10.0. The SMILES string of the molecule is CC12CCC(C1)C(C)(C)C2NCC1COc2ccccc21. The van der Waals surface area contributed by atoms with Gasteiger partial charge in [0.15, 0.2) is 0 Å². The summed E-state index contributed by atoms with van der Waals surface area (Å²) in [7, 11) is 0. The molecule has 21 heavy (non-hydrogen) atoms. The molecule has 0 saturated heterocycles. The third-order valence-electron chi connectivity index (χ3n) is 6.64. The van der Waals surface area contributed by atoms with Crippen LogP contribution in [-0.2, 0) is 0 Å². The van der Waals surface area contributed by atoms with Crippen molar-refractivity contribution in [3.05, 3.63) is 29.8 Å². The molecule has 1 N–H and O–H groups in total. The van der Waals surface area contributed by atoms with E-state index in [1.54, 1.807) is 0 Å². The van der Waals surface area contributed by atoms with Crippen molar-refractivity contribution < 1.29 is 4.74 Å². The van der Waals surface area contributed by atoms with Gasteiger partial charge in [0, 0.05) is 24.1 Å². The van der Waals surface area contributed by atoms with Gasteiger partial charge < -0.3 is 10.1 Å². The van der Waals surface area contributed by atoms with Crippen molar-refractivity contribution in [2.45, 2.75) is 52.0 Å². The molecule has 0 amide bonds. The van der Waals surface area contributed by atoms with Crippen molar-refractivity contribution in [1.29, 1.82) is 0 Å². The van der Waals surface area contributed by atoms with E-state index in [4.69, 9.17) is 4.74 Å². The Kier molecular flexibility index (Phi) is 2.91. The minimum absolute atomic E-state index is 0.436. The van der Waals surface area contributed by atoms with Gasteiger partial charge in [0.2, 0.25) is 0 Å². The van der Waals surface area contributed by atoms with E-state index < -0.39 is 0 Å². The predicted molar refractivity (Wildman–Crippen MR) is 85.7 cm³/mol. The van der Waals surface area contributed by atoms with Gasteiger partial charge in [0.25, 0.3) is 0 Å². The molecule has 2 bridgehead atoms. The van der Waals surface area contributed by atoms with E-state index >= 15 is 0 Å². The summed E-state index contributed by atoms with van der Waals surface area (Å²) in [5, 5.41) is 3.95. The normalized spacial score (nSPS) is 39.3. The van der Waals surface area contributed by atoms with Crippen LogP contribution in [0.4, 0.5) is 0 Å². The second-order valence-electron chi connectivity index (χ2n) is 8.30. The smallest absolute Gasteiger partial charge is 0.122 e. The van der Waals surface area contributed by atoms with Crippen LogP contribution < -0.4 is 10.1 Å². The maximum atomic E-state index is 5.83. The Labute approximate surface area is 128 Å². The molecule has 2 heteroatoms. The number of hydrogen-bond donors (Lipinski definition) is 1. The van der Waals surface area contributed by atoms with Crippen LogP contribution in [0.15, 0.2) is 24.3 Å². The summed E-state index contributed by atoms with van der Waals surface area (Å²) < 4.78 is 5.83. The number of hydrogen-bond acceptors (Lipinski definition) is 2. The first-order valence-electron chi connectivity index (χ1n) is 8.46. The molecule has 0 radical (unpaired) electrons. The van der Waals surface area contributed by atoms with Gasteiger partial charge in [0.1, 0.15) is 5.75 Å². The molecule has 3 aliphatic rings. The number of benzene rings is 1. The molecule has 2 aliphatic carbocycles. The highest BCUT2D eigenvalue weighted by atomic mass is 16.5. The average Bonchev–Trinajstić information content (AvgIpc) is 3.08. The molecular formula is C19H27NO. The van der Waals surface area contributed by atoms with Crippen LogP contribution in [-0.4, -0.2) is 19.2 Å². The second-order valence-corrected chi connectivity index (χ2v) is 8.30. The lowest BCUT2D eigenvalue weighted by Gasteiger charge is -2.43. The summed E-state index contributed by atoms with van der Waals surface area (Å²) in [5.41, 5.74) is 2.33. The van der Waals surface area contributed by atoms with Crippen molar-refractivity contribution in [1.82, 2.24) is 5.32 Å². The Morgan fingerprint density at radius 1 is 1.24 bits per heavy atom. The molecule has 1 aliphatic heterocycles. The first kappa shape index (κ1) is 13.6. The Hall–Kier alpha value is -1.02. The molecule has 4 unspecified atom stereocenters. The van der Waals surface area contributed by atoms with E-state index in [2.05, 4.69) is 50.4 Å². The minimum atomic E-state index is 0.436. The Morgan fingerprint density at radius 2 is 2.05 bits per heavy atom. The summed E-state index contributed by atoms with van der Waals surface area (Å²) in [5.74, 6) is 2.51. The molecule has 2 saturated carbocycles. The maximum absolute atomic E-state index is 5.83. The number of ether oxygens (including phenoxy) is 1. The van der Waals surface area contributed by atoms with E-state index in [1.807, 2.05) is 0 Å². The number of fused-ring (bicyclic) bond motifs is 3. The van der Waals surface area contributed by atoms with Gasteiger partial charge in [-0.1, -0.05) is 39.0 Å². The molecule has 1 aromatic rings. The lowest BCUT2D eigenvalue weighted by molar-refractivity contribution is 0.107. The number of rotatable bonds is 3. The first-order valence-corrected chi connectivity index (χ1v) is 8.46. The summed E-state index contributed by atoms with van der Waals surface area (Å²) >= 11 is 0. The third kappa shape index (κ3) is 1.95. The van der Waals surface area contributed by atoms with Crippen molar-refractivity contribution in [2.75, 3.05) is 13.2 Å². The molecule has 4 rings (SSSR count). The lowest BCUT2D eigenvalue weighted by atomic mass is 9.68. The highest BCUT2D eigenvalue weighted by Gasteiger charge is 2.59. The highest BCUT2D eigenvalue weighted by Crippen LogP contribution is 2.62. The van der Waals surface area contributed by atoms with E-state index in [9.17, 15) is 0 Å². The largest absolute Gasteiger partial charge is 0.493 e. The van der Waals surface area contributed by atoms with Crippen molar-refractivity contribution in [2.24, 2.45) is 16.7 Å². The van der Waals surface area contributed by atoms with E-state index in [-0.39, 0.29) is 0 Å². The topological polar surface area (TPSA) is 21.3 Å². The number of nitrogens with one attached hydrogen (secondary N) is 1. The molecule has 1 aromatic carbocycles. The molecule has 1 heterocycles. The Bertz CT molecular complexity index is 547. The van der Waals surface area contributed by atoms with Gasteiger partial charge in [-0.2, -0.15) is 0 Å². The van der Waals surface area contributed by atoms with Crippen molar-refractivity contribution in [3.8, 4) is 5.75 Å². The zero-order valence-corrected chi connectivity index (χ0v) is 13.5. The van der Waals surface area contributed by atoms with Crippen LogP contribution in [0.3, 0.4) is 0 Å². The van der Waals surface area contributed by atoms with Gasteiger partial charge in [-0.05, 0) is 42.1 Å². The van der Waals surface area contributed by atoms with Crippen LogP contribution in [0.1, 0.15) is 51.5 Å². The van der Waals surface area contributed by atoms with Gasteiger partial charge in [-0.3, -0.25) is 0 Å². The summed E-state index contributed by atoms with van der Waals surface area (Å²) in [4.78, 5) is 0. The molecule has 114 valence electrons. The summed E-state index contributed by atoms with van der Waals surface area (Å²) in [6, 6.07) is 9.16. The fraction of sp³-hybridized carbons (Fsp3) is 0.684. The maximum Gasteiger partial charge on any atom is 0.122 e. The van der Waals surface area contributed by atoms with E-state index in [1.165, 1.54) is 24.8 Å². The minimum Gasteiger partial charge on any atom is -0.493 e. The molecule has 0 spiro atoms. The second kappa shape index (κ2) is 4.49. The highest BCUT2D eigenvalue weighted by molar-refractivity contribution is 5.39. The van der Waals surface area contributed by atoms with Crippen molar-refractivity contribution >= 4 is 0 Å². The molecule has 2 fully saturated rings. The van der Waals surface area contributed by atoms with E-state index in [0.717, 1.165) is 24.8 Å². The average molecular weight is 285 g/mol. The van der Waals surface area contributed by atoms with Gasteiger partial charge in [-0.25, -0.2) is 0 Å². The van der Waals surface area contributed by atoms with Crippen LogP contribution in [0, 0.1) is 16.7 Å². The summed E-state index contributed by atoms with van der Waals surface area (Å²) in [6.45, 7) is 9.32. The quantitative estimate of drug-likeness (QED) is 0.907. The molecule has 2 nitrogen and oxygen atoms in total. The zero-order chi connectivity index (χ0) is 14.7. The van der Waals surface area contributed by atoms with Gasteiger partial charge in [-0.15, -0.1) is 0 Å². The third-order valence-corrected chi connectivity index (χ3v) is 6.64. The van der Waals surface area contributed by atoms with Crippen LogP contribution in [0.25, 0.3) is 0 Å². The summed E-state index contributed by atoms with van der Waals surface area (Å²) in [6.07, 6.45) is 4.24. The lowest BCUT2D eigenvalue weighted by Crippen LogP contribution is -2.51. The molecule has 0 aromatic heterocycles.